The predicted molar refractivity (Wildman–Crippen MR) is 94.1 cm³/mol. The van der Waals surface area contributed by atoms with E-state index in [9.17, 15) is 9.59 Å². The van der Waals surface area contributed by atoms with E-state index in [1.807, 2.05) is 30.5 Å². The Morgan fingerprint density at radius 1 is 1.30 bits per heavy atom. The van der Waals surface area contributed by atoms with Crippen LogP contribution < -0.4 is 10.9 Å². The summed E-state index contributed by atoms with van der Waals surface area (Å²) in [7, 11) is 0. The SMILES string of the molecule is CCc1ccc(NC(=O)CCc2c(C)nc(SC)[nH]c2=O)cc1. The van der Waals surface area contributed by atoms with Crippen molar-refractivity contribution in [2.75, 3.05) is 11.6 Å². The highest BCUT2D eigenvalue weighted by Gasteiger charge is 2.10. The summed E-state index contributed by atoms with van der Waals surface area (Å²) in [5.41, 5.74) is 3.08. The van der Waals surface area contributed by atoms with E-state index in [0.717, 1.165) is 12.1 Å². The van der Waals surface area contributed by atoms with Crippen LogP contribution in [0.4, 0.5) is 5.69 Å². The Morgan fingerprint density at radius 2 is 2.00 bits per heavy atom. The lowest BCUT2D eigenvalue weighted by molar-refractivity contribution is -0.116. The highest BCUT2D eigenvalue weighted by Crippen LogP contribution is 2.12. The summed E-state index contributed by atoms with van der Waals surface area (Å²) < 4.78 is 0. The Kier molecular flexibility index (Phi) is 5.98. The molecule has 1 aromatic carbocycles. The third-order valence-electron chi connectivity index (χ3n) is 3.64. The number of benzene rings is 1. The molecule has 2 rings (SSSR count). The molecule has 0 radical (unpaired) electrons. The van der Waals surface area contributed by atoms with Crippen LogP contribution in [-0.4, -0.2) is 22.1 Å². The maximum atomic E-state index is 12.0. The molecule has 2 N–H and O–H groups in total. The standard InChI is InChI=1S/C17H21N3O2S/c1-4-12-5-7-13(8-6-12)19-15(21)10-9-14-11(2)18-17(23-3)20-16(14)22/h5-8H,4,9-10H2,1-3H3,(H,19,21)(H,18,20,22). The van der Waals surface area contributed by atoms with Crippen molar-refractivity contribution < 1.29 is 4.79 Å². The minimum Gasteiger partial charge on any atom is -0.326 e. The fraction of sp³-hybridized carbons (Fsp3) is 0.353. The van der Waals surface area contributed by atoms with Crippen molar-refractivity contribution in [1.82, 2.24) is 9.97 Å². The smallest absolute Gasteiger partial charge is 0.254 e. The minimum atomic E-state index is -0.165. The normalized spacial score (nSPS) is 10.6. The highest BCUT2D eigenvalue weighted by molar-refractivity contribution is 7.98. The molecule has 6 heteroatoms. The number of nitrogens with one attached hydrogen (secondary N) is 2. The predicted octanol–water partition coefficient (Wildman–Crippen LogP) is 2.93. The first-order valence-electron chi connectivity index (χ1n) is 7.56. The average molecular weight is 331 g/mol. The van der Waals surface area contributed by atoms with Gasteiger partial charge in [-0.05, 0) is 43.7 Å². The third kappa shape index (κ3) is 4.69. The summed E-state index contributed by atoms with van der Waals surface area (Å²) in [6, 6.07) is 7.78. The van der Waals surface area contributed by atoms with Crippen LogP contribution in [0, 0.1) is 6.92 Å². The molecule has 0 atom stereocenters. The zero-order valence-corrected chi connectivity index (χ0v) is 14.4. The quantitative estimate of drug-likeness (QED) is 0.630. The molecule has 0 spiro atoms. The lowest BCUT2D eigenvalue weighted by Crippen LogP contribution is -2.20. The van der Waals surface area contributed by atoms with E-state index in [-0.39, 0.29) is 17.9 Å². The molecular formula is C17H21N3O2S. The zero-order valence-electron chi connectivity index (χ0n) is 13.6. The maximum absolute atomic E-state index is 12.0. The molecule has 1 aromatic heterocycles. The topological polar surface area (TPSA) is 74.8 Å². The molecule has 0 saturated heterocycles. The van der Waals surface area contributed by atoms with Crippen molar-refractivity contribution in [2.45, 2.75) is 38.3 Å². The summed E-state index contributed by atoms with van der Waals surface area (Å²) >= 11 is 1.39. The van der Waals surface area contributed by atoms with Crippen molar-refractivity contribution in [2.24, 2.45) is 0 Å². The van der Waals surface area contributed by atoms with Crippen LogP contribution in [0.1, 0.15) is 30.2 Å². The monoisotopic (exact) mass is 331 g/mol. The highest BCUT2D eigenvalue weighted by atomic mass is 32.2. The Balaban J connectivity index is 1.97. The first kappa shape index (κ1) is 17.3. The first-order valence-corrected chi connectivity index (χ1v) is 8.78. The van der Waals surface area contributed by atoms with Crippen molar-refractivity contribution in [3.05, 3.63) is 51.4 Å². The van der Waals surface area contributed by atoms with Gasteiger partial charge in [-0.1, -0.05) is 30.8 Å². The Morgan fingerprint density at radius 3 is 2.57 bits per heavy atom. The molecule has 2 aromatic rings. The fourth-order valence-electron chi connectivity index (χ4n) is 2.26. The molecule has 0 bridgehead atoms. The molecule has 1 amide bonds. The van der Waals surface area contributed by atoms with E-state index in [1.165, 1.54) is 17.3 Å². The fourth-order valence-corrected chi connectivity index (χ4v) is 2.68. The molecule has 0 fully saturated rings. The molecule has 0 aliphatic carbocycles. The van der Waals surface area contributed by atoms with Crippen LogP contribution in [0.5, 0.6) is 0 Å². The summed E-state index contributed by atoms with van der Waals surface area (Å²) in [4.78, 5) is 31.1. The number of aromatic amines is 1. The van der Waals surface area contributed by atoms with E-state index in [4.69, 9.17) is 0 Å². The number of thioether (sulfide) groups is 1. The number of hydrogen-bond donors (Lipinski definition) is 2. The number of rotatable bonds is 6. The van der Waals surface area contributed by atoms with Gasteiger partial charge in [0.1, 0.15) is 0 Å². The van der Waals surface area contributed by atoms with E-state index >= 15 is 0 Å². The zero-order chi connectivity index (χ0) is 16.8. The number of aromatic nitrogens is 2. The number of nitrogens with zero attached hydrogens (tertiary/aromatic N) is 1. The Hall–Kier alpha value is -2.08. The van der Waals surface area contributed by atoms with Gasteiger partial charge in [-0.25, -0.2) is 4.98 Å². The number of amides is 1. The molecule has 0 aliphatic rings. The lowest BCUT2D eigenvalue weighted by Gasteiger charge is -2.08. The van der Waals surface area contributed by atoms with E-state index in [0.29, 0.717) is 22.8 Å². The molecular weight excluding hydrogens is 310 g/mol. The van der Waals surface area contributed by atoms with E-state index in [1.54, 1.807) is 6.92 Å². The van der Waals surface area contributed by atoms with Gasteiger partial charge in [0.15, 0.2) is 5.16 Å². The summed E-state index contributed by atoms with van der Waals surface area (Å²) in [5.74, 6) is -0.109. The van der Waals surface area contributed by atoms with Crippen LogP contribution >= 0.6 is 11.8 Å². The van der Waals surface area contributed by atoms with Crippen molar-refractivity contribution in [3.8, 4) is 0 Å². The average Bonchev–Trinajstić information content (AvgIpc) is 2.54. The largest absolute Gasteiger partial charge is 0.326 e. The van der Waals surface area contributed by atoms with Crippen LogP contribution in [0.3, 0.4) is 0 Å². The number of carbonyl (C=O) groups is 1. The van der Waals surface area contributed by atoms with Crippen molar-refractivity contribution >= 4 is 23.4 Å². The summed E-state index contributed by atoms with van der Waals surface area (Å²) in [6.07, 6.45) is 3.45. The molecule has 1 heterocycles. The van der Waals surface area contributed by atoms with Gasteiger partial charge in [-0.2, -0.15) is 0 Å². The maximum Gasteiger partial charge on any atom is 0.254 e. The molecule has 5 nitrogen and oxygen atoms in total. The number of anilines is 1. The Labute approximate surface area is 139 Å². The lowest BCUT2D eigenvalue weighted by atomic mass is 10.1. The van der Waals surface area contributed by atoms with Crippen LogP contribution in [-0.2, 0) is 17.6 Å². The van der Waals surface area contributed by atoms with Gasteiger partial charge in [-0.3, -0.25) is 9.59 Å². The number of aryl methyl sites for hydroxylation is 2. The third-order valence-corrected chi connectivity index (χ3v) is 4.22. The second-order valence-electron chi connectivity index (χ2n) is 5.24. The summed E-state index contributed by atoms with van der Waals surface area (Å²) in [5, 5.41) is 3.44. The van der Waals surface area contributed by atoms with E-state index < -0.39 is 0 Å². The van der Waals surface area contributed by atoms with Gasteiger partial charge < -0.3 is 10.3 Å². The van der Waals surface area contributed by atoms with Gasteiger partial charge in [0.25, 0.3) is 5.56 Å². The minimum absolute atomic E-state index is 0.109. The van der Waals surface area contributed by atoms with Crippen molar-refractivity contribution in [1.29, 1.82) is 0 Å². The Bertz CT molecular complexity index is 738. The number of hydrogen-bond acceptors (Lipinski definition) is 4. The molecule has 0 unspecified atom stereocenters. The van der Waals surface area contributed by atoms with Crippen molar-refractivity contribution in [3.63, 3.8) is 0 Å². The van der Waals surface area contributed by atoms with Gasteiger partial charge in [0.2, 0.25) is 5.91 Å². The molecule has 122 valence electrons. The summed E-state index contributed by atoms with van der Waals surface area (Å²) in [6.45, 7) is 3.88. The van der Waals surface area contributed by atoms with E-state index in [2.05, 4.69) is 22.2 Å². The van der Waals surface area contributed by atoms with Gasteiger partial charge >= 0.3 is 0 Å². The molecule has 0 aliphatic heterocycles. The van der Waals surface area contributed by atoms with Crippen LogP contribution in [0.25, 0.3) is 0 Å². The first-order chi connectivity index (χ1) is 11.0. The van der Waals surface area contributed by atoms with Crippen LogP contribution in [0.15, 0.2) is 34.2 Å². The van der Waals surface area contributed by atoms with Gasteiger partial charge in [0, 0.05) is 23.4 Å². The second kappa shape index (κ2) is 7.97. The molecule has 23 heavy (non-hydrogen) atoms. The molecule has 0 saturated carbocycles. The van der Waals surface area contributed by atoms with Gasteiger partial charge in [0.05, 0.1) is 0 Å². The number of carbonyl (C=O) groups excluding carboxylic acids is 1. The van der Waals surface area contributed by atoms with Crippen LogP contribution in [0.2, 0.25) is 0 Å². The van der Waals surface area contributed by atoms with Gasteiger partial charge in [-0.15, -0.1) is 0 Å². The second-order valence-corrected chi connectivity index (χ2v) is 6.03. The number of H-pyrrole nitrogens is 1.